The van der Waals surface area contributed by atoms with Crippen LogP contribution in [0.3, 0.4) is 0 Å². The molecular formula is C26H24F3N7O2. The second-order valence-electron chi connectivity index (χ2n) is 9.29. The Hall–Kier alpha value is -4.19. The van der Waals surface area contributed by atoms with Crippen molar-refractivity contribution in [2.75, 3.05) is 43.4 Å². The average Bonchev–Trinajstić information content (AvgIpc) is 3.58. The molecule has 4 aromatic rings. The molecule has 38 heavy (non-hydrogen) atoms. The fourth-order valence-corrected chi connectivity index (χ4v) is 4.92. The molecule has 9 nitrogen and oxygen atoms in total. The molecule has 196 valence electrons. The molecule has 1 amide bonds. The summed E-state index contributed by atoms with van der Waals surface area (Å²) in [5, 5.41) is 4.66. The summed E-state index contributed by atoms with van der Waals surface area (Å²) in [6.45, 7) is 2.44. The Morgan fingerprint density at radius 2 is 1.79 bits per heavy atom. The average molecular weight is 524 g/mol. The van der Waals surface area contributed by atoms with Crippen LogP contribution in [0.4, 0.5) is 24.9 Å². The second-order valence-corrected chi connectivity index (χ2v) is 9.29. The monoisotopic (exact) mass is 523 g/mol. The normalized spacial score (nSPS) is 17.9. The Morgan fingerprint density at radius 3 is 2.53 bits per heavy atom. The van der Waals surface area contributed by atoms with Gasteiger partial charge in [-0.25, -0.2) is 22.8 Å². The molecule has 2 fully saturated rings. The first-order chi connectivity index (χ1) is 18.4. The first-order valence-electron chi connectivity index (χ1n) is 12.3. The number of nitrogens with two attached hydrogens (primary N) is 1. The van der Waals surface area contributed by atoms with Gasteiger partial charge < -0.3 is 20.3 Å². The summed E-state index contributed by atoms with van der Waals surface area (Å²) in [7, 11) is 0. The number of hydrogen-bond donors (Lipinski definition) is 1. The number of anilines is 2. The summed E-state index contributed by atoms with van der Waals surface area (Å²) in [6.07, 6.45) is 1.22. The topological polar surface area (TPSA) is 102 Å². The van der Waals surface area contributed by atoms with E-state index in [1.54, 1.807) is 17.0 Å². The molecule has 0 radical (unpaired) electrons. The summed E-state index contributed by atoms with van der Waals surface area (Å²) < 4.78 is 49.3. The number of halogens is 3. The number of carbonyl (C=O) groups excluding carboxylic acids is 1. The minimum absolute atomic E-state index is 0.0115. The van der Waals surface area contributed by atoms with Crippen molar-refractivity contribution < 1.29 is 22.7 Å². The SMILES string of the molecule is Nc1c2c(-c3cccc(F)c3)nc(N3CCN(C(=O)[C@H]4CCCO4)CC3)nc2nn1-c1cc(F)ccc1F. The number of aromatic nitrogens is 4. The summed E-state index contributed by atoms with van der Waals surface area (Å²) >= 11 is 0. The van der Waals surface area contributed by atoms with Gasteiger partial charge in [0, 0.05) is 44.4 Å². The zero-order chi connectivity index (χ0) is 26.4. The molecule has 2 aliphatic heterocycles. The lowest BCUT2D eigenvalue weighted by Gasteiger charge is -2.35. The van der Waals surface area contributed by atoms with Crippen molar-refractivity contribution in [3.8, 4) is 16.9 Å². The first-order valence-corrected chi connectivity index (χ1v) is 12.3. The molecular weight excluding hydrogens is 499 g/mol. The number of amides is 1. The molecule has 6 rings (SSSR count). The molecule has 0 spiro atoms. The minimum Gasteiger partial charge on any atom is -0.383 e. The van der Waals surface area contributed by atoms with Crippen molar-refractivity contribution in [1.82, 2.24) is 24.6 Å². The predicted octanol–water partition coefficient (Wildman–Crippen LogP) is 3.31. The van der Waals surface area contributed by atoms with Crippen molar-refractivity contribution in [2.24, 2.45) is 0 Å². The highest BCUT2D eigenvalue weighted by atomic mass is 19.1. The van der Waals surface area contributed by atoms with Crippen LogP contribution in [-0.4, -0.2) is 69.4 Å². The van der Waals surface area contributed by atoms with E-state index in [2.05, 4.69) is 10.1 Å². The molecule has 2 aromatic heterocycles. The highest BCUT2D eigenvalue weighted by Gasteiger charge is 2.31. The van der Waals surface area contributed by atoms with Crippen molar-refractivity contribution in [3.05, 3.63) is 59.9 Å². The molecule has 2 aromatic carbocycles. The maximum absolute atomic E-state index is 14.6. The Kier molecular flexibility index (Phi) is 6.10. The Balaban J connectivity index is 1.40. The zero-order valence-electron chi connectivity index (χ0n) is 20.3. The number of nitrogens with zero attached hydrogens (tertiary/aromatic N) is 6. The number of nitrogen functional groups attached to an aromatic ring is 1. The van der Waals surface area contributed by atoms with Gasteiger partial charge in [-0.05, 0) is 37.1 Å². The molecule has 2 N–H and O–H groups in total. The van der Waals surface area contributed by atoms with Gasteiger partial charge in [-0.1, -0.05) is 12.1 Å². The Morgan fingerprint density at radius 1 is 1.00 bits per heavy atom. The molecule has 2 saturated heterocycles. The third kappa shape index (κ3) is 4.30. The van der Waals surface area contributed by atoms with Crippen molar-refractivity contribution in [3.63, 3.8) is 0 Å². The number of carbonyl (C=O) groups is 1. The van der Waals surface area contributed by atoms with Crippen LogP contribution in [0.2, 0.25) is 0 Å². The molecule has 1 atom stereocenters. The zero-order valence-corrected chi connectivity index (χ0v) is 20.3. The van der Waals surface area contributed by atoms with Crippen LogP contribution in [0.5, 0.6) is 0 Å². The van der Waals surface area contributed by atoms with E-state index in [0.717, 1.165) is 35.7 Å². The molecule has 0 unspecified atom stereocenters. The summed E-state index contributed by atoms with van der Waals surface area (Å²) in [5.74, 6) is -1.57. The van der Waals surface area contributed by atoms with Crippen LogP contribution in [0.25, 0.3) is 28.0 Å². The minimum atomic E-state index is -0.724. The van der Waals surface area contributed by atoms with Crippen LogP contribution < -0.4 is 10.6 Å². The fraction of sp³-hybridized carbons (Fsp3) is 0.308. The van der Waals surface area contributed by atoms with Crippen LogP contribution in [-0.2, 0) is 9.53 Å². The van der Waals surface area contributed by atoms with E-state index in [0.29, 0.717) is 50.0 Å². The number of rotatable bonds is 4. The molecule has 4 heterocycles. The van der Waals surface area contributed by atoms with E-state index in [4.69, 9.17) is 15.5 Å². The van der Waals surface area contributed by atoms with E-state index in [1.807, 2.05) is 4.90 Å². The third-order valence-electron chi connectivity index (χ3n) is 6.87. The van der Waals surface area contributed by atoms with E-state index >= 15 is 0 Å². The highest BCUT2D eigenvalue weighted by Crippen LogP contribution is 2.34. The van der Waals surface area contributed by atoms with Crippen LogP contribution in [0.1, 0.15) is 12.8 Å². The van der Waals surface area contributed by atoms with Crippen LogP contribution in [0.15, 0.2) is 42.5 Å². The van der Waals surface area contributed by atoms with Gasteiger partial charge in [0.25, 0.3) is 5.91 Å². The van der Waals surface area contributed by atoms with E-state index in [1.165, 1.54) is 12.1 Å². The van der Waals surface area contributed by atoms with Gasteiger partial charge in [0.05, 0.1) is 11.1 Å². The van der Waals surface area contributed by atoms with E-state index in [-0.39, 0.29) is 34.5 Å². The number of fused-ring (bicyclic) bond motifs is 1. The lowest BCUT2D eigenvalue weighted by Crippen LogP contribution is -2.51. The maximum Gasteiger partial charge on any atom is 0.251 e. The van der Waals surface area contributed by atoms with Gasteiger partial charge in [-0.2, -0.15) is 4.98 Å². The fourth-order valence-electron chi connectivity index (χ4n) is 4.92. The van der Waals surface area contributed by atoms with Gasteiger partial charge in [-0.15, -0.1) is 5.10 Å². The van der Waals surface area contributed by atoms with Crippen LogP contribution in [0, 0.1) is 17.5 Å². The maximum atomic E-state index is 14.6. The van der Waals surface area contributed by atoms with Crippen molar-refractivity contribution >= 4 is 28.7 Å². The number of ether oxygens (including phenoxy) is 1. The van der Waals surface area contributed by atoms with Crippen molar-refractivity contribution in [2.45, 2.75) is 18.9 Å². The largest absolute Gasteiger partial charge is 0.383 e. The lowest BCUT2D eigenvalue weighted by atomic mass is 10.1. The lowest BCUT2D eigenvalue weighted by molar-refractivity contribution is -0.141. The summed E-state index contributed by atoms with van der Waals surface area (Å²) in [5.41, 5.74) is 7.07. The predicted molar refractivity (Wildman–Crippen MR) is 134 cm³/mol. The van der Waals surface area contributed by atoms with E-state index in [9.17, 15) is 18.0 Å². The molecule has 2 aliphatic rings. The van der Waals surface area contributed by atoms with Gasteiger partial charge in [0.1, 0.15) is 35.1 Å². The van der Waals surface area contributed by atoms with Crippen LogP contribution >= 0.6 is 0 Å². The van der Waals surface area contributed by atoms with Crippen molar-refractivity contribution in [1.29, 1.82) is 0 Å². The summed E-state index contributed by atoms with van der Waals surface area (Å²) in [6, 6.07) is 8.80. The third-order valence-corrected chi connectivity index (χ3v) is 6.87. The molecule has 0 saturated carbocycles. The molecule has 0 aliphatic carbocycles. The first kappa shape index (κ1) is 24.2. The molecule has 0 bridgehead atoms. The van der Waals surface area contributed by atoms with Gasteiger partial charge in [-0.3, -0.25) is 4.79 Å². The number of piperazine rings is 1. The summed E-state index contributed by atoms with van der Waals surface area (Å²) in [4.78, 5) is 25.7. The highest BCUT2D eigenvalue weighted by molar-refractivity contribution is 5.99. The molecule has 12 heteroatoms. The quantitative estimate of drug-likeness (QED) is 0.438. The second kappa shape index (κ2) is 9.60. The Bertz CT molecular complexity index is 1530. The smallest absolute Gasteiger partial charge is 0.251 e. The Labute approximate surface area is 215 Å². The number of hydrogen-bond acceptors (Lipinski definition) is 7. The van der Waals surface area contributed by atoms with Gasteiger partial charge in [0.2, 0.25) is 5.95 Å². The van der Waals surface area contributed by atoms with E-state index < -0.39 is 17.5 Å². The van der Waals surface area contributed by atoms with Gasteiger partial charge >= 0.3 is 0 Å². The number of benzene rings is 2. The standard InChI is InChI=1S/C26H24F3N7O2/c27-16-4-1-3-15(13-16)22-21-23(30)36(19-14-17(28)6-7-18(19)29)33-24(21)32-26(31-22)35-10-8-34(9-11-35)25(37)20-5-2-12-38-20/h1,3-4,6-7,13-14,20H,2,5,8-12,30H2/t20-/m1/s1. The van der Waals surface area contributed by atoms with Gasteiger partial charge in [0.15, 0.2) is 5.65 Å².